The van der Waals surface area contributed by atoms with Gasteiger partial charge >= 0.3 is 0 Å². The third kappa shape index (κ3) is 4.95. The number of sulfone groups is 1. The molecule has 1 heterocycles. The highest BCUT2D eigenvalue weighted by Crippen LogP contribution is 2.07. The van der Waals surface area contributed by atoms with Crippen molar-refractivity contribution in [2.24, 2.45) is 0 Å². The number of aromatic nitrogens is 2. The number of aryl methyl sites for hydroxylation is 2. The summed E-state index contributed by atoms with van der Waals surface area (Å²) in [5, 5.41) is 7.37. The molecule has 0 aliphatic heterocycles. The summed E-state index contributed by atoms with van der Waals surface area (Å²) in [6.45, 7) is 10.7. The zero-order valence-electron chi connectivity index (χ0n) is 12.5. The molecule has 0 bridgehead atoms. The van der Waals surface area contributed by atoms with E-state index in [9.17, 15) is 8.42 Å². The van der Waals surface area contributed by atoms with Crippen LogP contribution in [0.5, 0.6) is 0 Å². The van der Waals surface area contributed by atoms with Gasteiger partial charge in [0.1, 0.15) is 0 Å². The Balaban J connectivity index is 2.64. The number of hydrogen-bond acceptors (Lipinski definition) is 4. The van der Waals surface area contributed by atoms with Gasteiger partial charge in [-0.1, -0.05) is 13.8 Å². The maximum absolute atomic E-state index is 11.8. The molecule has 6 heteroatoms. The van der Waals surface area contributed by atoms with Gasteiger partial charge in [-0.25, -0.2) is 8.42 Å². The highest BCUT2D eigenvalue weighted by atomic mass is 32.2. The van der Waals surface area contributed by atoms with Crippen LogP contribution < -0.4 is 5.32 Å². The Hall–Kier alpha value is -0.880. The van der Waals surface area contributed by atoms with E-state index in [4.69, 9.17) is 0 Å². The van der Waals surface area contributed by atoms with Crippen LogP contribution in [0.3, 0.4) is 0 Å². The van der Waals surface area contributed by atoms with Crippen molar-refractivity contribution >= 4 is 9.84 Å². The molecule has 1 aromatic heterocycles. The Labute approximate surface area is 116 Å². The van der Waals surface area contributed by atoms with E-state index in [2.05, 4.69) is 24.3 Å². The van der Waals surface area contributed by atoms with Gasteiger partial charge in [0.05, 0.1) is 23.2 Å². The van der Waals surface area contributed by atoms with Crippen LogP contribution in [0.25, 0.3) is 0 Å². The molecule has 1 aromatic rings. The number of rotatable bonds is 7. The van der Waals surface area contributed by atoms with Crippen molar-refractivity contribution in [2.45, 2.75) is 59.0 Å². The van der Waals surface area contributed by atoms with Crippen LogP contribution >= 0.6 is 0 Å². The average Bonchev–Trinajstić information content (AvgIpc) is 2.64. The predicted octanol–water partition coefficient (Wildman–Crippen LogP) is 1.51. The lowest BCUT2D eigenvalue weighted by Crippen LogP contribution is -2.22. The first kappa shape index (κ1) is 16.2. The van der Waals surface area contributed by atoms with Gasteiger partial charge in [-0.15, -0.1) is 0 Å². The van der Waals surface area contributed by atoms with E-state index in [0.29, 0.717) is 12.6 Å². The van der Waals surface area contributed by atoms with Crippen LogP contribution in [-0.4, -0.2) is 35.2 Å². The predicted molar refractivity (Wildman–Crippen MR) is 77.9 cm³/mol. The van der Waals surface area contributed by atoms with E-state index in [1.54, 1.807) is 18.5 Å². The largest absolute Gasteiger partial charge is 0.310 e. The minimum Gasteiger partial charge on any atom is -0.310 e. The topological polar surface area (TPSA) is 64.0 Å². The van der Waals surface area contributed by atoms with Gasteiger partial charge in [-0.3, -0.25) is 4.68 Å². The van der Waals surface area contributed by atoms with Crippen molar-refractivity contribution in [3.8, 4) is 0 Å². The first-order valence-electron chi connectivity index (χ1n) is 6.70. The van der Waals surface area contributed by atoms with E-state index in [-0.39, 0.29) is 11.0 Å². The average molecular weight is 287 g/mol. The quantitative estimate of drug-likeness (QED) is 0.825. The summed E-state index contributed by atoms with van der Waals surface area (Å²) in [6, 6.07) is 0.420. The van der Waals surface area contributed by atoms with Crippen molar-refractivity contribution in [3.05, 3.63) is 17.5 Å². The molecule has 0 aromatic carbocycles. The lowest BCUT2D eigenvalue weighted by atomic mass is 10.2. The molecule has 0 radical (unpaired) electrons. The minimum absolute atomic E-state index is 0.142. The Morgan fingerprint density at radius 2 is 1.95 bits per heavy atom. The number of nitrogens with one attached hydrogen (secondary N) is 1. The minimum atomic E-state index is -3.00. The number of hydrogen-bond donors (Lipinski definition) is 1. The molecule has 0 fully saturated rings. The van der Waals surface area contributed by atoms with E-state index in [1.807, 2.05) is 13.1 Å². The summed E-state index contributed by atoms with van der Waals surface area (Å²) in [5.41, 5.74) is 2.07. The van der Waals surface area contributed by atoms with Gasteiger partial charge in [0, 0.05) is 24.3 Å². The lowest BCUT2D eigenvalue weighted by molar-refractivity contribution is 0.571. The second-order valence-corrected chi connectivity index (χ2v) is 8.13. The molecule has 5 nitrogen and oxygen atoms in total. The zero-order chi connectivity index (χ0) is 14.6. The maximum Gasteiger partial charge on any atom is 0.154 e. The van der Waals surface area contributed by atoms with Crippen LogP contribution in [0, 0.1) is 6.92 Å². The summed E-state index contributed by atoms with van der Waals surface area (Å²) in [6.07, 6.45) is 1.93. The van der Waals surface area contributed by atoms with Crippen molar-refractivity contribution < 1.29 is 8.42 Å². The van der Waals surface area contributed by atoms with Gasteiger partial charge < -0.3 is 5.32 Å². The van der Waals surface area contributed by atoms with E-state index in [1.165, 1.54) is 0 Å². The zero-order valence-corrected chi connectivity index (χ0v) is 13.3. The molecule has 0 spiro atoms. The Morgan fingerprint density at radius 1 is 1.32 bits per heavy atom. The van der Waals surface area contributed by atoms with Gasteiger partial charge in [-0.05, 0) is 20.8 Å². The maximum atomic E-state index is 11.8. The van der Waals surface area contributed by atoms with Crippen molar-refractivity contribution in [3.63, 3.8) is 0 Å². The first-order chi connectivity index (χ1) is 8.72. The van der Waals surface area contributed by atoms with Gasteiger partial charge in [0.15, 0.2) is 9.84 Å². The fraction of sp³-hybridized carbons (Fsp3) is 0.769. The summed E-state index contributed by atoms with van der Waals surface area (Å²) in [7, 11) is -3.00. The van der Waals surface area contributed by atoms with Crippen LogP contribution in [0.15, 0.2) is 6.20 Å². The standard InChI is InChI=1S/C13H25N3O2S/c1-10(2)14-8-13-9-16(15-12(13)5)6-7-19(17,18)11(3)4/h9-11,14H,6-8H2,1-5H3. The highest BCUT2D eigenvalue weighted by Gasteiger charge is 2.16. The Bertz CT molecular complexity index is 504. The monoisotopic (exact) mass is 287 g/mol. The fourth-order valence-corrected chi connectivity index (χ4v) is 2.53. The lowest BCUT2D eigenvalue weighted by Gasteiger charge is -2.07. The molecule has 0 amide bonds. The molecule has 110 valence electrons. The molecular formula is C13H25N3O2S. The third-order valence-corrected chi connectivity index (χ3v) is 5.26. The number of nitrogens with zero attached hydrogens (tertiary/aromatic N) is 2. The molecule has 1 rings (SSSR count). The van der Waals surface area contributed by atoms with E-state index >= 15 is 0 Å². The molecule has 0 atom stereocenters. The van der Waals surface area contributed by atoms with Crippen molar-refractivity contribution in [2.75, 3.05) is 5.75 Å². The van der Waals surface area contributed by atoms with Crippen LogP contribution in [0.1, 0.15) is 39.0 Å². The Kier molecular flexibility index (Phi) is 5.55. The molecule has 0 aliphatic rings. The van der Waals surface area contributed by atoms with Crippen LogP contribution in [0.2, 0.25) is 0 Å². The summed E-state index contributed by atoms with van der Waals surface area (Å²) in [4.78, 5) is 0. The molecule has 19 heavy (non-hydrogen) atoms. The van der Waals surface area contributed by atoms with Gasteiger partial charge in [-0.2, -0.15) is 5.10 Å². The smallest absolute Gasteiger partial charge is 0.154 e. The summed E-state index contributed by atoms with van der Waals surface area (Å²) >= 11 is 0. The van der Waals surface area contributed by atoms with Crippen LogP contribution in [-0.2, 0) is 22.9 Å². The second-order valence-electron chi connectivity index (χ2n) is 5.45. The molecule has 0 saturated carbocycles. The second kappa shape index (κ2) is 6.52. The van der Waals surface area contributed by atoms with Crippen molar-refractivity contribution in [1.82, 2.24) is 15.1 Å². The van der Waals surface area contributed by atoms with Gasteiger partial charge in [0.2, 0.25) is 0 Å². The molecular weight excluding hydrogens is 262 g/mol. The molecule has 0 saturated heterocycles. The molecule has 1 N–H and O–H groups in total. The highest BCUT2D eigenvalue weighted by molar-refractivity contribution is 7.91. The third-order valence-electron chi connectivity index (χ3n) is 3.07. The molecule has 0 unspecified atom stereocenters. The van der Waals surface area contributed by atoms with E-state index in [0.717, 1.165) is 17.8 Å². The summed E-state index contributed by atoms with van der Waals surface area (Å²) < 4.78 is 25.2. The van der Waals surface area contributed by atoms with Gasteiger partial charge in [0.25, 0.3) is 0 Å². The normalized spacial score (nSPS) is 12.6. The summed E-state index contributed by atoms with van der Waals surface area (Å²) in [5.74, 6) is 0.142. The van der Waals surface area contributed by atoms with Crippen LogP contribution in [0.4, 0.5) is 0 Å². The Morgan fingerprint density at radius 3 is 2.47 bits per heavy atom. The molecule has 0 aliphatic carbocycles. The first-order valence-corrected chi connectivity index (χ1v) is 8.42. The van der Waals surface area contributed by atoms with Crippen molar-refractivity contribution in [1.29, 1.82) is 0 Å². The SMILES string of the molecule is Cc1nn(CCS(=O)(=O)C(C)C)cc1CNC(C)C. The fourth-order valence-electron chi connectivity index (χ4n) is 1.62. The van der Waals surface area contributed by atoms with E-state index < -0.39 is 9.84 Å².